The van der Waals surface area contributed by atoms with Crippen LogP contribution in [0.2, 0.25) is 0 Å². The molecule has 0 aromatic carbocycles. The van der Waals surface area contributed by atoms with Gasteiger partial charge in [-0.3, -0.25) is 0 Å². The summed E-state index contributed by atoms with van der Waals surface area (Å²) in [6, 6.07) is 0. The number of piperidine rings is 1. The minimum atomic E-state index is -0.233. The molecule has 1 saturated heterocycles. The van der Waals surface area contributed by atoms with E-state index in [1.807, 2.05) is 0 Å². The van der Waals surface area contributed by atoms with Gasteiger partial charge >= 0.3 is 6.09 Å². The summed E-state index contributed by atoms with van der Waals surface area (Å²) >= 11 is 5.91. The molecule has 1 rings (SSSR count). The zero-order chi connectivity index (χ0) is 8.97. The van der Waals surface area contributed by atoms with Crippen LogP contribution in [-0.4, -0.2) is 36.1 Å². The molecule has 4 heteroatoms. The zero-order valence-corrected chi connectivity index (χ0v) is 8.01. The summed E-state index contributed by atoms with van der Waals surface area (Å²) in [5, 5.41) is 0.100. The summed E-state index contributed by atoms with van der Waals surface area (Å²) in [5.74, 6) is 0. The first kappa shape index (κ1) is 9.65. The van der Waals surface area contributed by atoms with Gasteiger partial charge in [-0.05, 0) is 19.8 Å². The van der Waals surface area contributed by atoms with Crippen molar-refractivity contribution < 1.29 is 9.53 Å². The van der Waals surface area contributed by atoms with E-state index in [4.69, 9.17) is 16.3 Å². The van der Waals surface area contributed by atoms with Crippen LogP contribution in [0.4, 0.5) is 4.79 Å². The van der Waals surface area contributed by atoms with Crippen LogP contribution >= 0.6 is 11.6 Å². The van der Waals surface area contributed by atoms with Gasteiger partial charge in [0.15, 0.2) is 0 Å². The number of amides is 1. The van der Waals surface area contributed by atoms with Crippen LogP contribution in [0.15, 0.2) is 0 Å². The van der Waals surface area contributed by atoms with Gasteiger partial charge < -0.3 is 9.64 Å². The Hall–Kier alpha value is -0.440. The van der Waals surface area contributed by atoms with Crippen molar-refractivity contribution in [3.63, 3.8) is 0 Å². The summed E-state index contributed by atoms with van der Waals surface area (Å²) < 4.78 is 4.86. The number of nitrogens with zero attached hydrogens (tertiary/aromatic N) is 1. The highest BCUT2D eigenvalue weighted by molar-refractivity contribution is 6.20. The van der Waals surface area contributed by atoms with Crippen molar-refractivity contribution >= 4 is 17.7 Å². The molecule has 0 aromatic heterocycles. The Morgan fingerprint density at radius 1 is 1.75 bits per heavy atom. The second-order valence-electron chi connectivity index (χ2n) is 2.88. The molecule has 3 nitrogen and oxygen atoms in total. The van der Waals surface area contributed by atoms with Gasteiger partial charge in [0, 0.05) is 13.1 Å². The molecule has 1 aliphatic rings. The molecule has 0 aromatic rings. The Morgan fingerprint density at radius 2 is 2.50 bits per heavy atom. The maximum atomic E-state index is 11.2. The van der Waals surface area contributed by atoms with E-state index in [1.54, 1.807) is 11.8 Å². The summed E-state index contributed by atoms with van der Waals surface area (Å²) in [4.78, 5) is 12.9. The smallest absolute Gasteiger partial charge is 0.409 e. The highest BCUT2D eigenvalue weighted by Crippen LogP contribution is 2.15. The highest BCUT2D eigenvalue weighted by Gasteiger charge is 2.22. The standard InChI is InChI=1S/C8H14ClNO2/c1-2-12-8(11)10-5-3-4-7(9)6-10/h7H,2-6H2,1H3. The number of alkyl halides is 1. The van der Waals surface area contributed by atoms with Gasteiger partial charge in [-0.2, -0.15) is 0 Å². The van der Waals surface area contributed by atoms with Crippen LogP contribution in [0.3, 0.4) is 0 Å². The monoisotopic (exact) mass is 191 g/mol. The lowest BCUT2D eigenvalue weighted by Crippen LogP contribution is -2.40. The van der Waals surface area contributed by atoms with E-state index in [0.29, 0.717) is 13.2 Å². The number of halogens is 1. The van der Waals surface area contributed by atoms with E-state index in [-0.39, 0.29) is 11.5 Å². The molecule has 12 heavy (non-hydrogen) atoms. The summed E-state index contributed by atoms with van der Waals surface area (Å²) in [5.41, 5.74) is 0. The maximum absolute atomic E-state index is 11.2. The predicted molar refractivity (Wildman–Crippen MR) is 47.5 cm³/mol. The molecule has 1 atom stereocenters. The number of rotatable bonds is 1. The van der Waals surface area contributed by atoms with E-state index >= 15 is 0 Å². The minimum absolute atomic E-state index is 0.100. The summed E-state index contributed by atoms with van der Waals surface area (Å²) in [6.45, 7) is 3.64. The Balaban J connectivity index is 2.35. The second kappa shape index (κ2) is 4.55. The van der Waals surface area contributed by atoms with Gasteiger partial charge in [0.1, 0.15) is 0 Å². The third kappa shape index (κ3) is 2.55. The fourth-order valence-corrected chi connectivity index (χ4v) is 1.63. The molecular formula is C8H14ClNO2. The first-order valence-electron chi connectivity index (χ1n) is 4.29. The lowest BCUT2D eigenvalue weighted by atomic mass is 10.1. The van der Waals surface area contributed by atoms with Gasteiger partial charge in [0.25, 0.3) is 0 Å². The lowest BCUT2D eigenvalue weighted by molar-refractivity contribution is 0.100. The van der Waals surface area contributed by atoms with E-state index in [1.165, 1.54) is 0 Å². The number of likely N-dealkylation sites (tertiary alicyclic amines) is 1. The Labute approximate surface area is 77.6 Å². The fourth-order valence-electron chi connectivity index (χ4n) is 1.31. The average molecular weight is 192 g/mol. The molecule has 1 fully saturated rings. The molecule has 1 heterocycles. The quantitative estimate of drug-likeness (QED) is 0.592. The van der Waals surface area contributed by atoms with Crippen LogP contribution < -0.4 is 0 Å². The number of carbonyl (C=O) groups is 1. The van der Waals surface area contributed by atoms with Crippen molar-refractivity contribution in [3.8, 4) is 0 Å². The van der Waals surface area contributed by atoms with Gasteiger partial charge in [0.05, 0.1) is 12.0 Å². The number of ether oxygens (including phenoxy) is 1. The molecule has 1 aliphatic heterocycles. The van der Waals surface area contributed by atoms with Crippen molar-refractivity contribution in [1.82, 2.24) is 4.90 Å². The summed E-state index contributed by atoms with van der Waals surface area (Å²) in [7, 11) is 0. The second-order valence-corrected chi connectivity index (χ2v) is 3.50. The molecule has 0 aliphatic carbocycles. The molecule has 0 saturated carbocycles. The van der Waals surface area contributed by atoms with Crippen molar-refractivity contribution in [3.05, 3.63) is 0 Å². The van der Waals surface area contributed by atoms with Crippen LogP contribution in [0, 0.1) is 0 Å². The number of hydrogen-bond acceptors (Lipinski definition) is 2. The molecule has 0 N–H and O–H groups in total. The van der Waals surface area contributed by atoms with Crippen molar-refractivity contribution in [2.45, 2.75) is 25.1 Å². The Morgan fingerprint density at radius 3 is 3.08 bits per heavy atom. The molecule has 1 unspecified atom stereocenters. The third-order valence-corrected chi connectivity index (χ3v) is 2.25. The fraction of sp³-hybridized carbons (Fsp3) is 0.875. The van der Waals surface area contributed by atoms with Crippen LogP contribution in [0.5, 0.6) is 0 Å². The first-order chi connectivity index (χ1) is 5.74. The van der Waals surface area contributed by atoms with Crippen LogP contribution in [-0.2, 0) is 4.74 Å². The summed E-state index contributed by atoms with van der Waals surface area (Å²) in [6.07, 6.45) is 1.74. The highest BCUT2D eigenvalue weighted by atomic mass is 35.5. The zero-order valence-electron chi connectivity index (χ0n) is 7.25. The SMILES string of the molecule is CCOC(=O)N1CCCC(Cl)C1. The molecule has 70 valence electrons. The van der Waals surface area contributed by atoms with Crippen molar-refractivity contribution in [2.75, 3.05) is 19.7 Å². The molecule has 1 amide bonds. The molecular weight excluding hydrogens is 178 g/mol. The van der Waals surface area contributed by atoms with Crippen LogP contribution in [0.25, 0.3) is 0 Å². The largest absolute Gasteiger partial charge is 0.450 e. The van der Waals surface area contributed by atoms with Gasteiger partial charge in [-0.15, -0.1) is 11.6 Å². The number of hydrogen-bond donors (Lipinski definition) is 0. The first-order valence-corrected chi connectivity index (χ1v) is 4.73. The Kier molecular flexibility index (Phi) is 3.66. The van der Waals surface area contributed by atoms with Gasteiger partial charge in [-0.25, -0.2) is 4.79 Å². The number of carbonyl (C=O) groups excluding carboxylic acids is 1. The van der Waals surface area contributed by atoms with Crippen molar-refractivity contribution in [1.29, 1.82) is 0 Å². The maximum Gasteiger partial charge on any atom is 0.409 e. The van der Waals surface area contributed by atoms with E-state index < -0.39 is 0 Å². The predicted octanol–water partition coefficient (Wildman–Crippen LogP) is 1.85. The Bertz CT molecular complexity index is 163. The molecule has 0 bridgehead atoms. The molecule has 0 spiro atoms. The normalized spacial score (nSPS) is 23.8. The third-order valence-electron chi connectivity index (χ3n) is 1.89. The van der Waals surface area contributed by atoms with Gasteiger partial charge in [-0.1, -0.05) is 0 Å². The van der Waals surface area contributed by atoms with Crippen LogP contribution in [0.1, 0.15) is 19.8 Å². The lowest BCUT2D eigenvalue weighted by Gasteiger charge is -2.28. The van der Waals surface area contributed by atoms with E-state index in [2.05, 4.69) is 0 Å². The minimum Gasteiger partial charge on any atom is -0.450 e. The average Bonchev–Trinajstić information content (AvgIpc) is 2.05. The van der Waals surface area contributed by atoms with Gasteiger partial charge in [0.2, 0.25) is 0 Å². The van der Waals surface area contributed by atoms with E-state index in [9.17, 15) is 4.79 Å². The topological polar surface area (TPSA) is 29.5 Å². The van der Waals surface area contributed by atoms with E-state index in [0.717, 1.165) is 19.4 Å². The van der Waals surface area contributed by atoms with Crippen molar-refractivity contribution in [2.24, 2.45) is 0 Å². The molecule has 0 radical (unpaired) electrons.